The number of carbonyl (C=O) groups is 4. The summed E-state index contributed by atoms with van der Waals surface area (Å²) in [6, 6.07) is 14.8. The largest absolute Gasteiger partial charge is 0.497 e. The van der Waals surface area contributed by atoms with Crippen molar-refractivity contribution >= 4 is 40.9 Å². The highest BCUT2D eigenvalue weighted by molar-refractivity contribution is 6.27. The molecule has 3 heterocycles. The van der Waals surface area contributed by atoms with Crippen LogP contribution in [0.15, 0.2) is 61.1 Å². The van der Waals surface area contributed by atoms with Gasteiger partial charge in [0.1, 0.15) is 5.75 Å². The van der Waals surface area contributed by atoms with E-state index in [1.54, 1.807) is 25.7 Å². The Morgan fingerprint density at radius 3 is 2.18 bits per heavy atom. The Hall–Kier alpha value is -5.57. The second kappa shape index (κ2) is 15.6. The topological polar surface area (TPSA) is 231 Å². The number of anilines is 1. The second-order valence-corrected chi connectivity index (χ2v) is 9.57. The summed E-state index contributed by atoms with van der Waals surface area (Å²) in [6.07, 6.45) is 7.33. The fourth-order valence-corrected chi connectivity index (χ4v) is 4.62. The molecule has 2 aromatic heterocycles. The Morgan fingerprint density at radius 1 is 0.955 bits per heavy atom. The molecule has 6 N–H and O–H groups in total. The lowest BCUT2D eigenvalue weighted by molar-refractivity contribution is -0.159. The lowest BCUT2D eigenvalue weighted by Gasteiger charge is -2.16. The number of nitrogen functional groups attached to an aromatic ring is 1. The molecule has 15 heteroatoms. The summed E-state index contributed by atoms with van der Waals surface area (Å²) in [5.74, 6) is -5.41. The Balaban J connectivity index is 0.000000375. The van der Waals surface area contributed by atoms with Gasteiger partial charge in [-0.25, -0.2) is 24.2 Å². The van der Waals surface area contributed by atoms with Crippen molar-refractivity contribution < 1.29 is 44.3 Å². The molecule has 0 spiro atoms. The van der Waals surface area contributed by atoms with E-state index in [2.05, 4.69) is 45.2 Å². The smallest absolute Gasteiger partial charge is 0.414 e. The number of nitrogens with zero attached hydrogens (tertiary/aromatic N) is 5. The fourth-order valence-electron chi connectivity index (χ4n) is 4.62. The van der Waals surface area contributed by atoms with Crippen LogP contribution in [-0.4, -0.2) is 95.5 Å². The van der Waals surface area contributed by atoms with E-state index in [1.807, 2.05) is 16.7 Å². The summed E-state index contributed by atoms with van der Waals surface area (Å²) in [7, 11) is 1.70. The number of likely N-dealkylation sites (tertiary alicyclic amines) is 1. The van der Waals surface area contributed by atoms with Gasteiger partial charge in [-0.15, -0.1) is 0 Å². The van der Waals surface area contributed by atoms with Crippen LogP contribution in [0.1, 0.15) is 29.2 Å². The maximum Gasteiger partial charge on any atom is 0.414 e. The highest BCUT2D eigenvalue weighted by Crippen LogP contribution is 2.33. The summed E-state index contributed by atoms with van der Waals surface area (Å²) < 4.78 is 7.28. The summed E-state index contributed by atoms with van der Waals surface area (Å²) in [4.78, 5) is 52.2. The van der Waals surface area contributed by atoms with Gasteiger partial charge in [0.25, 0.3) is 0 Å². The fraction of sp³-hybridized carbons (Fsp3) is 0.276. The number of carboxylic acid groups (broad SMARTS) is 4. The van der Waals surface area contributed by atoms with E-state index in [4.69, 9.17) is 55.1 Å². The number of methoxy groups -OCH3 is 1. The first-order chi connectivity index (χ1) is 21.0. The van der Waals surface area contributed by atoms with E-state index >= 15 is 0 Å². The van der Waals surface area contributed by atoms with Crippen molar-refractivity contribution in [2.75, 3.05) is 32.5 Å². The average Bonchev–Trinajstić information content (AvgIpc) is 3.61. The molecule has 0 bridgehead atoms. The first-order valence-electron chi connectivity index (χ1n) is 13.3. The van der Waals surface area contributed by atoms with E-state index in [0.29, 0.717) is 18.4 Å². The summed E-state index contributed by atoms with van der Waals surface area (Å²) in [5.41, 5.74) is 11.9. The van der Waals surface area contributed by atoms with Gasteiger partial charge in [0.05, 0.1) is 36.6 Å². The number of imidazole rings is 1. The first kappa shape index (κ1) is 32.9. The van der Waals surface area contributed by atoms with Crippen LogP contribution < -0.4 is 10.5 Å². The number of ether oxygens (including phenoxy) is 1. The Morgan fingerprint density at radius 2 is 1.61 bits per heavy atom. The van der Waals surface area contributed by atoms with Crippen molar-refractivity contribution in [3.05, 3.63) is 77.9 Å². The van der Waals surface area contributed by atoms with E-state index in [0.717, 1.165) is 55.0 Å². The van der Waals surface area contributed by atoms with Crippen LogP contribution >= 0.6 is 0 Å². The van der Waals surface area contributed by atoms with Crippen LogP contribution in [0.4, 0.5) is 5.95 Å². The Kier molecular flexibility index (Phi) is 11.7. The van der Waals surface area contributed by atoms with E-state index in [1.165, 1.54) is 11.1 Å². The molecule has 15 nitrogen and oxygen atoms in total. The zero-order chi connectivity index (χ0) is 32.2. The number of carboxylic acids is 4. The molecular formula is C29H32N6O9. The molecule has 0 radical (unpaired) electrons. The average molecular weight is 609 g/mol. The van der Waals surface area contributed by atoms with Gasteiger partial charge in [0.15, 0.2) is 0 Å². The minimum atomic E-state index is -1.82. The normalized spacial score (nSPS) is 14.1. The third-order valence-electron chi connectivity index (χ3n) is 6.73. The number of hydrogen-bond donors (Lipinski definition) is 5. The molecule has 232 valence electrons. The SMILES string of the molecule is COc1ccc(CCN2CCC(c3cccc4c3nc(N)n4Cc3cnccn3)C2)cc1.O=C(O)C(=O)O.O=C(O)C(=O)O. The Bertz CT molecular complexity index is 1540. The van der Waals surface area contributed by atoms with Gasteiger partial charge in [-0.2, -0.15) is 0 Å². The van der Waals surface area contributed by atoms with Gasteiger partial charge < -0.3 is 40.4 Å². The van der Waals surface area contributed by atoms with E-state index in [-0.39, 0.29) is 0 Å². The van der Waals surface area contributed by atoms with Gasteiger partial charge in [-0.1, -0.05) is 24.3 Å². The number of nitrogens with two attached hydrogens (primary N) is 1. The predicted molar refractivity (Wildman–Crippen MR) is 156 cm³/mol. The van der Waals surface area contributed by atoms with Gasteiger partial charge >= 0.3 is 23.9 Å². The van der Waals surface area contributed by atoms with Crippen molar-refractivity contribution in [2.24, 2.45) is 0 Å². The molecule has 1 atom stereocenters. The van der Waals surface area contributed by atoms with Crippen molar-refractivity contribution in [1.82, 2.24) is 24.4 Å². The van der Waals surface area contributed by atoms with Gasteiger partial charge in [-0.05, 0) is 48.7 Å². The van der Waals surface area contributed by atoms with Crippen LogP contribution in [0.2, 0.25) is 0 Å². The molecule has 1 aliphatic rings. The lowest BCUT2D eigenvalue weighted by Crippen LogP contribution is -2.23. The lowest BCUT2D eigenvalue weighted by atomic mass is 9.97. The van der Waals surface area contributed by atoms with Crippen molar-refractivity contribution in [3.8, 4) is 5.75 Å². The monoisotopic (exact) mass is 608 g/mol. The molecule has 2 aromatic carbocycles. The zero-order valence-corrected chi connectivity index (χ0v) is 23.7. The number of para-hydroxylation sites is 1. The van der Waals surface area contributed by atoms with Crippen LogP contribution in [0.3, 0.4) is 0 Å². The highest BCUT2D eigenvalue weighted by Gasteiger charge is 2.26. The third kappa shape index (κ3) is 9.22. The number of aliphatic carboxylic acids is 4. The molecule has 0 aliphatic carbocycles. The van der Waals surface area contributed by atoms with Crippen molar-refractivity contribution in [3.63, 3.8) is 0 Å². The van der Waals surface area contributed by atoms with Gasteiger partial charge in [0.2, 0.25) is 5.95 Å². The number of hydrogen-bond acceptors (Lipinski definition) is 10. The third-order valence-corrected chi connectivity index (χ3v) is 6.73. The maximum absolute atomic E-state index is 9.10. The zero-order valence-electron chi connectivity index (χ0n) is 23.7. The highest BCUT2D eigenvalue weighted by atomic mass is 16.5. The quantitative estimate of drug-likeness (QED) is 0.188. The first-order valence-corrected chi connectivity index (χ1v) is 13.3. The van der Waals surface area contributed by atoms with Crippen LogP contribution in [-0.2, 0) is 32.1 Å². The molecule has 0 saturated carbocycles. The molecule has 1 saturated heterocycles. The molecule has 4 aromatic rings. The maximum atomic E-state index is 9.10. The molecule has 1 fully saturated rings. The number of fused-ring (bicyclic) bond motifs is 1. The number of aromatic nitrogens is 4. The number of benzene rings is 2. The molecule has 1 unspecified atom stereocenters. The van der Waals surface area contributed by atoms with Crippen LogP contribution in [0.25, 0.3) is 11.0 Å². The van der Waals surface area contributed by atoms with Crippen LogP contribution in [0, 0.1) is 0 Å². The van der Waals surface area contributed by atoms with Crippen LogP contribution in [0.5, 0.6) is 5.75 Å². The minimum absolute atomic E-state index is 0.467. The van der Waals surface area contributed by atoms with Crippen molar-refractivity contribution in [1.29, 1.82) is 0 Å². The van der Waals surface area contributed by atoms with E-state index in [9.17, 15) is 0 Å². The Labute approximate surface area is 251 Å². The van der Waals surface area contributed by atoms with Gasteiger partial charge in [0, 0.05) is 31.4 Å². The standard InChI is InChI=1S/C25H28N6O.2C2H2O4/c1-32-21-7-5-18(6-8-21)9-13-30-14-10-19(16-30)22-3-2-4-23-24(22)29-25(26)31(23)17-20-15-27-11-12-28-20;2*3-1(4)2(5)6/h2-8,11-12,15,19H,9-10,13-14,16-17H2,1H3,(H2,26,29);2*(H,3,4)(H,5,6). The summed E-state index contributed by atoms with van der Waals surface area (Å²) in [5, 5.41) is 29.6. The molecule has 5 rings (SSSR count). The predicted octanol–water partition coefficient (Wildman–Crippen LogP) is 1.81. The molecule has 0 amide bonds. The van der Waals surface area contributed by atoms with Gasteiger partial charge in [-0.3, -0.25) is 9.97 Å². The molecule has 1 aliphatic heterocycles. The summed E-state index contributed by atoms with van der Waals surface area (Å²) >= 11 is 0. The summed E-state index contributed by atoms with van der Waals surface area (Å²) in [6.45, 7) is 3.78. The second-order valence-electron chi connectivity index (χ2n) is 9.57. The molecule has 44 heavy (non-hydrogen) atoms. The van der Waals surface area contributed by atoms with E-state index < -0.39 is 23.9 Å². The molecular weight excluding hydrogens is 576 g/mol. The van der Waals surface area contributed by atoms with Crippen molar-refractivity contribution in [2.45, 2.75) is 25.3 Å². The minimum Gasteiger partial charge on any atom is -0.497 e. The number of rotatable bonds is 7.